The van der Waals surface area contributed by atoms with Gasteiger partial charge in [-0.3, -0.25) is 4.98 Å². The summed E-state index contributed by atoms with van der Waals surface area (Å²) in [6.07, 6.45) is 3.35. The Morgan fingerprint density at radius 3 is 3.00 bits per heavy atom. The van der Waals surface area contributed by atoms with Gasteiger partial charge in [0.1, 0.15) is 18.2 Å². The summed E-state index contributed by atoms with van der Waals surface area (Å²) in [6, 6.07) is 10.2. The van der Waals surface area contributed by atoms with Crippen LogP contribution in [0.3, 0.4) is 0 Å². The Balaban J connectivity index is 1.79. The van der Waals surface area contributed by atoms with Gasteiger partial charge >= 0.3 is 0 Å². The van der Waals surface area contributed by atoms with Gasteiger partial charge in [0, 0.05) is 17.1 Å². The van der Waals surface area contributed by atoms with E-state index in [1.165, 1.54) is 12.1 Å². The third kappa shape index (κ3) is 2.18. The standard InChI is InChI=1S/C14H11FN2O/c15-11-3-4-14-10(6-11)7-12(17-14)9-18-13-2-1-5-16-8-13/h1-8,17H,9H2. The van der Waals surface area contributed by atoms with E-state index in [-0.39, 0.29) is 5.82 Å². The lowest BCUT2D eigenvalue weighted by Gasteiger charge is -2.02. The molecule has 18 heavy (non-hydrogen) atoms. The second-order valence-corrected chi connectivity index (χ2v) is 4.00. The van der Waals surface area contributed by atoms with E-state index in [0.29, 0.717) is 12.4 Å². The number of fused-ring (bicyclic) bond motifs is 1. The second kappa shape index (κ2) is 4.49. The zero-order valence-corrected chi connectivity index (χ0v) is 9.56. The predicted molar refractivity (Wildman–Crippen MR) is 66.8 cm³/mol. The Kier molecular flexibility index (Phi) is 2.68. The van der Waals surface area contributed by atoms with Crippen LogP contribution >= 0.6 is 0 Å². The van der Waals surface area contributed by atoms with Gasteiger partial charge in [0.15, 0.2) is 0 Å². The van der Waals surface area contributed by atoms with Crippen molar-refractivity contribution in [3.8, 4) is 5.75 Å². The molecule has 1 N–H and O–H groups in total. The molecule has 3 rings (SSSR count). The Bertz CT molecular complexity index is 664. The molecule has 2 aromatic heterocycles. The van der Waals surface area contributed by atoms with Gasteiger partial charge in [0.05, 0.1) is 11.9 Å². The number of rotatable bonds is 3. The van der Waals surface area contributed by atoms with Crippen LogP contribution in [0, 0.1) is 5.82 Å². The molecule has 90 valence electrons. The van der Waals surface area contributed by atoms with E-state index in [0.717, 1.165) is 16.6 Å². The first-order chi connectivity index (χ1) is 8.81. The molecule has 0 spiro atoms. The number of nitrogens with zero attached hydrogens (tertiary/aromatic N) is 1. The summed E-state index contributed by atoms with van der Waals surface area (Å²) < 4.78 is 18.6. The molecule has 3 aromatic rings. The maximum atomic E-state index is 13.0. The van der Waals surface area contributed by atoms with Crippen molar-refractivity contribution in [3.63, 3.8) is 0 Å². The van der Waals surface area contributed by atoms with E-state index < -0.39 is 0 Å². The first-order valence-corrected chi connectivity index (χ1v) is 5.61. The molecule has 0 saturated heterocycles. The number of halogens is 1. The van der Waals surface area contributed by atoms with Crippen LogP contribution in [0.5, 0.6) is 5.75 Å². The van der Waals surface area contributed by atoms with E-state index in [4.69, 9.17) is 4.74 Å². The molecule has 4 heteroatoms. The minimum absolute atomic E-state index is 0.235. The third-order valence-electron chi connectivity index (χ3n) is 2.67. The monoisotopic (exact) mass is 242 g/mol. The Hall–Kier alpha value is -2.36. The summed E-state index contributed by atoms with van der Waals surface area (Å²) in [5.41, 5.74) is 1.81. The molecule has 0 aliphatic heterocycles. The molecule has 0 aliphatic rings. The molecular weight excluding hydrogens is 231 g/mol. The molecule has 0 bridgehead atoms. The van der Waals surface area contributed by atoms with Crippen molar-refractivity contribution < 1.29 is 9.13 Å². The average Bonchev–Trinajstić information content (AvgIpc) is 2.79. The van der Waals surface area contributed by atoms with Crippen molar-refractivity contribution in [1.82, 2.24) is 9.97 Å². The quantitative estimate of drug-likeness (QED) is 0.765. The first kappa shape index (κ1) is 10.8. The summed E-state index contributed by atoms with van der Waals surface area (Å²) in [7, 11) is 0. The molecule has 3 nitrogen and oxygen atoms in total. The Morgan fingerprint density at radius 2 is 2.17 bits per heavy atom. The number of H-pyrrole nitrogens is 1. The molecule has 0 saturated carbocycles. The minimum Gasteiger partial charge on any atom is -0.486 e. The molecule has 0 aliphatic carbocycles. The minimum atomic E-state index is -0.235. The number of hydrogen-bond acceptors (Lipinski definition) is 2. The Morgan fingerprint density at radius 1 is 1.22 bits per heavy atom. The highest BCUT2D eigenvalue weighted by Crippen LogP contribution is 2.18. The van der Waals surface area contributed by atoms with Gasteiger partial charge in [-0.05, 0) is 36.4 Å². The fourth-order valence-electron chi connectivity index (χ4n) is 1.83. The maximum Gasteiger partial charge on any atom is 0.138 e. The molecule has 0 radical (unpaired) electrons. The van der Waals surface area contributed by atoms with Crippen LogP contribution in [-0.2, 0) is 6.61 Å². The van der Waals surface area contributed by atoms with Crippen LogP contribution in [0.15, 0.2) is 48.8 Å². The lowest BCUT2D eigenvalue weighted by Crippen LogP contribution is -1.95. The molecule has 0 unspecified atom stereocenters. The normalized spacial score (nSPS) is 10.7. The van der Waals surface area contributed by atoms with E-state index in [1.807, 2.05) is 18.2 Å². The van der Waals surface area contributed by atoms with Crippen molar-refractivity contribution in [2.24, 2.45) is 0 Å². The highest BCUT2D eigenvalue weighted by Gasteiger charge is 2.02. The van der Waals surface area contributed by atoms with E-state index in [2.05, 4.69) is 9.97 Å². The number of hydrogen-bond donors (Lipinski definition) is 1. The second-order valence-electron chi connectivity index (χ2n) is 4.00. The lowest BCUT2D eigenvalue weighted by atomic mass is 10.2. The van der Waals surface area contributed by atoms with Crippen molar-refractivity contribution in [3.05, 3.63) is 60.3 Å². The van der Waals surface area contributed by atoms with Gasteiger partial charge in [-0.2, -0.15) is 0 Å². The van der Waals surface area contributed by atoms with Crippen molar-refractivity contribution >= 4 is 10.9 Å². The third-order valence-corrected chi connectivity index (χ3v) is 2.67. The van der Waals surface area contributed by atoms with Crippen LogP contribution in [-0.4, -0.2) is 9.97 Å². The average molecular weight is 242 g/mol. The zero-order valence-electron chi connectivity index (χ0n) is 9.56. The first-order valence-electron chi connectivity index (χ1n) is 5.61. The van der Waals surface area contributed by atoms with Crippen molar-refractivity contribution in [1.29, 1.82) is 0 Å². The molecule has 0 amide bonds. The van der Waals surface area contributed by atoms with E-state index in [1.54, 1.807) is 18.5 Å². The molecule has 0 fully saturated rings. The van der Waals surface area contributed by atoms with Crippen LogP contribution in [0.1, 0.15) is 5.69 Å². The van der Waals surface area contributed by atoms with Crippen molar-refractivity contribution in [2.75, 3.05) is 0 Å². The smallest absolute Gasteiger partial charge is 0.138 e. The highest BCUT2D eigenvalue weighted by molar-refractivity contribution is 5.80. The molecule has 0 atom stereocenters. The largest absolute Gasteiger partial charge is 0.486 e. The van der Waals surface area contributed by atoms with Crippen LogP contribution in [0.25, 0.3) is 10.9 Å². The lowest BCUT2D eigenvalue weighted by molar-refractivity contribution is 0.301. The van der Waals surface area contributed by atoms with Crippen LogP contribution in [0.2, 0.25) is 0 Å². The number of aromatic amines is 1. The fraction of sp³-hybridized carbons (Fsp3) is 0.0714. The van der Waals surface area contributed by atoms with Crippen molar-refractivity contribution in [2.45, 2.75) is 6.61 Å². The van der Waals surface area contributed by atoms with Gasteiger partial charge in [0.25, 0.3) is 0 Å². The number of aromatic nitrogens is 2. The predicted octanol–water partition coefficient (Wildman–Crippen LogP) is 3.28. The number of nitrogens with one attached hydrogen (secondary N) is 1. The SMILES string of the molecule is Fc1ccc2[nH]c(COc3cccnc3)cc2c1. The Labute approximate surface area is 103 Å². The van der Waals surface area contributed by atoms with Gasteiger partial charge in [-0.15, -0.1) is 0 Å². The van der Waals surface area contributed by atoms with Gasteiger partial charge in [0.2, 0.25) is 0 Å². The van der Waals surface area contributed by atoms with E-state index in [9.17, 15) is 4.39 Å². The topological polar surface area (TPSA) is 37.9 Å². The summed E-state index contributed by atoms with van der Waals surface area (Å²) in [5.74, 6) is 0.476. The summed E-state index contributed by atoms with van der Waals surface area (Å²) in [5, 5.41) is 0.847. The fourth-order valence-corrected chi connectivity index (χ4v) is 1.83. The summed E-state index contributed by atoms with van der Waals surface area (Å²) in [6.45, 7) is 0.405. The van der Waals surface area contributed by atoms with Crippen LogP contribution in [0.4, 0.5) is 4.39 Å². The van der Waals surface area contributed by atoms with Crippen LogP contribution < -0.4 is 4.74 Å². The molecule has 1 aromatic carbocycles. The summed E-state index contributed by atoms with van der Waals surface area (Å²) in [4.78, 5) is 7.15. The highest BCUT2D eigenvalue weighted by atomic mass is 19.1. The number of pyridine rings is 1. The number of ether oxygens (including phenoxy) is 1. The van der Waals surface area contributed by atoms with Gasteiger partial charge in [-0.1, -0.05) is 0 Å². The summed E-state index contributed by atoms with van der Waals surface area (Å²) >= 11 is 0. The van der Waals surface area contributed by atoms with E-state index >= 15 is 0 Å². The maximum absolute atomic E-state index is 13.0. The van der Waals surface area contributed by atoms with Gasteiger partial charge < -0.3 is 9.72 Å². The zero-order chi connectivity index (χ0) is 12.4. The number of benzene rings is 1. The van der Waals surface area contributed by atoms with Gasteiger partial charge in [-0.25, -0.2) is 4.39 Å². The molecular formula is C14H11FN2O. The molecule has 2 heterocycles.